The van der Waals surface area contributed by atoms with Crippen LogP contribution in [0.15, 0.2) is 48.5 Å². The van der Waals surface area contributed by atoms with Crippen LogP contribution in [0.5, 0.6) is 0 Å². The molecule has 3 aromatic rings. The van der Waals surface area contributed by atoms with Gasteiger partial charge >= 0.3 is 6.18 Å². The number of unbranched alkanes of at least 4 members (excludes halogenated alkanes) is 1. The molecule has 1 heterocycles. The summed E-state index contributed by atoms with van der Waals surface area (Å²) in [6.07, 6.45) is 8.93. The van der Waals surface area contributed by atoms with Crippen molar-refractivity contribution in [1.29, 1.82) is 0 Å². The van der Waals surface area contributed by atoms with Gasteiger partial charge < -0.3 is 4.90 Å². The van der Waals surface area contributed by atoms with E-state index in [0.717, 1.165) is 65.6 Å². The van der Waals surface area contributed by atoms with E-state index < -0.39 is 11.7 Å². The Labute approximate surface area is 218 Å². The Kier molecular flexibility index (Phi) is 7.46. The maximum atomic E-state index is 12.7. The molecule has 0 saturated heterocycles. The topological polar surface area (TPSA) is 29.0 Å². The molecule has 1 atom stereocenters. The van der Waals surface area contributed by atoms with Crippen molar-refractivity contribution in [2.75, 3.05) is 19.0 Å². The number of benzene rings is 2. The molecule has 0 radical (unpaired) electrons. The first-order chi connectivity index (χ1) is 17.7. The quantitative estimate of drug-likeness (QED) is 0.272. The Balaban J connectivity index is 1.04. The summed E-state index contributed by atoms with van der Waals surface area (Å²) >= 11 is 0. The number of nitrogens with zero attached hydrogens (tertiary/aromatic N) is 3. The smallest absolute Gasteiger partial charge is 0.362 e. The highest BCUT2D eigenvalue weighted by Crippen LogP contribution is 2.64. The number of hydrogen-bond donors (Lipinski definition) is 0. The Hall–Kier alpha value is -2.63. The minimum absolute atomic E-state index is 0.561. The molecule has 2 saturated carbocycles. The van der Waals surface area contributed by atoms with Crippen LogP contribution in [0.25, 0.3) is 10.9 Å². The zero-order valence-electron chi connectivity index (χ0n) is 22.0. The number of aryl methyl sites for hydroxylation is 2. The first-order valence-electron chi connectivity index (χ1n) is 13.8. The molecule has 1 spiro atoms. The van der Waals surface area contributed by atoms with Crippen molar-refractivity contribution in [3.8, 4) is 0 Å². The number of halogens is 3. The average Bonchev–Trinajstić information content (AvgIpc) is 3.57. The lowest BCUT2D eigenvalue weighted by atomic mass is 9.76. The fourth-order valence-corrected chi connectivity index (χ4v) is 6.48. The molecule has 198 valence electrons. The van der Waals surface area contributed by atoms with Crippen LogP contribution in [0.2, 0.25) is 0 Å². The van der Waals surface area contributed by atoms with Crippen LogP contribution in [-0.4, -0.2) is 24.1 Å². The van der Waals surface area contributed by atoms with E-state index >= 15 is 0 Å². The van der Waals surface area contributed by atoms with Crippen LogP contribution in [-0.2, 0) is 19.0 Å². The summed E-state index contributed by atoms with van der Waals surface area (Å²) in [5.41, 5.74) is 2.04. The third kappa shape index (κ3) is 6.10. The van der Waals surface area contributed by atoms with Crippen molar-refractivity contribution >= 4 is 16.7 Å². The summed E-state index contributed by atoms with van der Waals surface area (Å²) in [6.45, 7) is 0. The molecular formula is C31H38F3N3. The van der Waals surface area contributed by atoms with Crippen LogP contribution in [0.4, 0.5) is 19.0 Å². The number of para-hydroxylation sites is 1. The molecule has 2 aliphatic rings. The van der Waals surface area contributed by atoms with Gasteiger partial charge in [0, 0.05) is 25.9 Å². The lowest BCUT2D eigenvalue weighted by Gasteiger charge is -2.29. The molecule has 0 bridgehead atoms. The zero-order valence-corrected chi connectivity index (χ0v) is 22.0. The predicted molar refractivity (Wildman–Crippen MR) is 144 cm³/mol. The van der Waals surface area contributed by atoms with Crippen LogP contribution in [0, 0.1) is 17.3 Å². The second-order valence-electron chi connectivity index (χ2n) is 11.6. The van der Waals surface area contributed by atoms with E-state index in [0.29, 0.717) is 5.41 Å². The van der Waals surface area contributed by atoms with Gasteiger partial charge in [0.2, 0.25) is 0 Å². The molecule has 0 aliphatic heterocycles. The van der Waals surface area contributed by atoms with Crippen LogP contribution >= 0.6 is 0 Å². The van der Waals surface area contributed by atoms with Crippen molar-refractivity contribution in [3.05, 3.63) is 65.5 Å². The number of aromatic nitrogens is 2. The van der Waals surface area contributed by atoms with Gasteiger partial charge in [-0.05, 0) is 98.4 Å². The van der Waals surface area contributed by atoms with Crippen LogP contribution < -0.4 is 4.90 Å². The van der Waals surface area contributed by atoms with Gasteiger partial charge in [0.15, 0.2) is 0 Å². The molecule has 6 heteroatoms. The van der Waals surface area contributed by atoms with E-state index in [9.17, 15) is 13.2 Å². The van der Waals surface area contributed by atoms with Crippen molar-refractivity contribution in [2.24, 2.45) is 17.3 Å². The summed E-state index contributed by atoms with van der Waals surface area (Å²) in [7, 11) is 4.09. The van der Waals surface area contributed by atoms with Crippen LogP contribution in [0.3, 0.4) is 0 Å². The first-order valence-corrected chi connectivity index (χ1v) is 13.8. The monoisotopic (exact) mass is 509 g/mol. The van der Waals surface area contributed by atoms with Crippen molar-refractivity contribution < 1.29 is 13.2 Å². The average molecular weight is 510 g/mol. The normalized spacial score (nSPS) is 23.5. The Morgan fingerprint density at radius 3 is 2.32 bits per heavy atom. The summed E-state index contributed by atoms with van der Waals surface area (Å²) in [4.78, 5) is 11.8. The third-order valence-corrected chi connectivity index (χ3v) is 8.84. The van der Waals surface area contributed by atoms with E-state index in [4.69, 9.17) is 9.97 Å². The molecule has 37 heavy (non-hydrogen) atoms. The van der Waals surface area contributed by atoms with Crippen molar-refractivity contribution in [1.82, 2.24) is 9.97 Å². The standard InChI is InChI=1S/C31H38F3N3/c1-37(2)29-26-9-5-6-10-27(26)35-28(36-29)16-15-25-21-30(25)19-17-23(18-20-30)8-4-3-7-22-11-13-24(14-12-22)31(32,33)34/h5-6,9-14,23,25H,3-4,7-8,15-21H2,1-2H3. The highest BCUT2D eigenvalue weighted by molar-refractivity contribution is 5.89. The summed E-state index contributed by atoms with van der Waals surface area (Å²) < 4.78 is 38.2. The van der Waals surface area contributed by atoms with Gasteiger partial charge in [-0.3, -0.25) is 0 Å². The Bertz CT molecular complexity index is 1190. The molecule has 0 amide bonds. The largest absolute Gasteiger partial charge is 0.416 e. The lowest BCUT2D eigenvalue weighted by molar-refractivity contribution is -0.137. The third-order valence-electron chi connectivity index (χ3n) is 8.84. The molecule has 2 aliphatic carbocycles. The van der Waals surface area contributed by atoms with Gasteiger partial charge in [0.05, 0.1) is 11.1 Å². The number of fused-ring (bicyclic) bond motifs is 1. The minimum Gasteiger partial charge on any atom is -0.362 e. The van der Waals surface area contributed by atoms with Gasteiger partial charge in [-0.25, -0.2) is 9.97 Å². The molecule has 2 aromatic carbocycles. The number of rotatable bonds is 9. The highest BCUT2D eigenvalue weighted by Gasteiger charge is 2.53. The van der Waals surface area contributed by atoms with E-state index in [1.54, 1.807) is 12.1 Å². The van der Waals surface area contributed by atoms with Gasteiger partial charge in [-0.1, -0.05) is 37.1 Å². The number of anilines is 1. The molecule has 0 N–H and O–H groups in total. The van der Waals surface area contributed by atoms with E-state index in [1.165, 1.54) is 57.1 Å². The second kappa shape index (κ2) is 10.6. The van der Waals surface area contributed by atoms with Gasteiger partial charge in [0.25, 0.3) is 0 Å². The summed E-state index contributed by atoms with van der Waals surface area (Å²) in [5, 5.41) is 1.11. The fourth-order valence-electron chi connectivity index (χ4n) is 6.48. The minimum atomic E-state index is -4.25. The SMILES string of the molecule is CN(C)c1nc(CCC2CC23CCC(CCCCc2ccc(C(F)(F)F)cc2)CC3)nc2ccccc12. The molecule has 1 unspecified atom stereocenters. The maximum absolute atomic E-state index is 12.7. The second-order valence-corrected chi connectivity index (χ2v) is 11.6. The number of hydrogen-bond acceptors (Lipinski definition) is 3. The van der Waals surface area contributed by atoms with E-state index in [2.05, 4.69) is 17.0 Å². The van der Waals surface area contributed by atoms with Crippen LogP contribution in [0.1, 0.15) is 74.7 Å². The van der Waals surface area contributed by atoms with E-state index in [-0.39, 0.29) is 0 Å². The van der Waals surface area contributed by atoms with Crippen molar-refractivity contribution in [3.63, 3.8) is 0 Å². The Morgan fingerprint density at radius 1 is 0.892 bits per heavy atom. The highest BCUT2D eigenvalue weighted by atomic mass is 19.4. The van der Waals surface area contributed by atoms with E-state index in [1.807, 2.05) is 26.2 Å². The Morgan fingerprint density at radius 2 is 1.62 bits per heavy atom. The van der Waals surface area contributed by atoms with Gasteiger partial charge in [-0.2, -0.15) is 13.2 Å². The molecular weight excluding hydrogens is 471 g/mol. The zero-order chi connectivity index (χ0) is 26.0. The fraction of sp³-hybridized carbons (Fsp3) is 0.548. The predicted octanol–water partition coefficient (Wildman–Crippen LogP) is 8.26. The summed E-state index contributed by atoms with van der Waals surface area (Å²) in [6, 6.07) is 13.9. The molecule has 5 rings (SSSR count). The number of alkyl halides is 3. The molecule has 3 nitrogen and oxygen atoms in total. The van der Waals surface area contributed by atoms with Crippen molar-refractivity contribution in [2.45, 2.75) is 76.8 Å². The van der Waals surface area contributed by atoms with Gasteiger partial charge in [0.1, 0.15) is 11.6 Å². The summed E-state index contributed by atoms with van der Waals surface area (Å²) in [5.74, 6) is 3.59. The maximum Gasteiger partial charge on any atom is 0.416 e. The first kappa shape index (κ1) is 26.0. The van der Waals surface area contributed by atoms with Gasteiger partial charge in [-0.15, -0.1) is 0 Å². The molecule has 1 aromatic heterocycles. The lowest BCUT2D eigenvalue weighted by Crippen LogP contribution is -2.17. The molecule has 2 fully saturated rings.